The van der Waals surface area contributed by atoms with Gasteiger partial charge in [-0.15, -0.1) is 11.3 Å². The highest BCUT2D eigenvalue weighted by Crippen LogP contribution is 2.23. The Kier molecular flexibility index (Phi) is 7.31. The van der Waals surface area contributed by atoms with Gasteiger partial charge < -0.3 is 20.3 Å². The number of amides is 3. The fraction of sp³-hybridized carbons (Fsp3) is 0.235. The number of likely N-dealkylation sites (N-methyl/N-ethyl adjacent to an activating group) is 1. The van der Waals surface area contributed by atoms with Crippen LogP contribution in [-0.4, -0.2) is 49.9 Å². The molecule has 0 unspecified atom stereocenters. The lowest BCUT2D eigenvalue weighted by molar-refractivity contribution is -0.119. The summed E-state index contributed by atoms with van der Waals surface area (Å²) in [5, 5.41) is 5.37. The van der Waals surface area contributed by atoms with Crippen LogP contribution in [0.3, 0.4) is 0 Å². The minimum atomic E-state index is -0.336. The van der Waals surface area contributed by atoms with Crippen molar-refractivity contribution in [2.24, 2.45) is 0 Å². The van der Waals surface area contributed by atoms with Crippen LogP contribution in [0, 0.1) is 0 Å². The lowest BCUT2D eigenvalue weighted by Crippen LogP contribution is -2.34. The van der Waals surface area contributed by atoms with Crippen LogP contribution in [0.25, 0.3) is 0 Å². The summed E-state index contributed by atoms with van der Waals surface area (Å²) in [6.45, 7) is -0.142. The number of anilines is 2. The first-order valence-corrected chi connectivity index (χ1v) is 9.19. The SMILES string of the molecule is COCC(=O)Nc1cccc(NC(=O)CN(C)C(=O)c2ccc(Br)s2)c1. The van der Waals surface area contributed by atoms with Crippen LogP contribution in [-0.2, 0) is 14.3 Å². The van der Waals surface area contributed by atoms with Crippen molar-refractivity contribution in [2.75, 3.05) is 37.9 Å². The van der Waals surface area contributed by atoms with Gasteiger partial charge in [0.1, 0.15) is 6.61 Å². The lowest BCUT2D eigenvalue weighted by Gasteiger charge is -2.16. The average Bonchev–Trinajstić information content (AvgIpc) is 3.00. The van der Waals surface area contributed by atoms with E-state index in [-0.39, 0.29) is 30.9 Å². The number of nitrogens with zero attached hydrogens (tertiary/aromatic N) is 1. The van der Waals surface area contributed by atoms with E-state index in [1.807, 2.05) is 0 Å². The zero-order valence-corrected chi connectivity index (χ0v) is 16.6. The molecule has 3 amide bonds. The predicted molar refractivity (Wildman–Crippen MR) is 105 cm³/mol. The largest absolute Gasteiger partial charge is 0.375 e. The van der Waals surface area contributed by atoms with Gasteiger partial charge in [0.15, 0.2) is 0 Å². The highest BCUT2D eigenvalue weighted by Gasteiger charge is 2.17. The standard InChI is InChI=1S/C17H18BrN3O4S/c1-21(17(24)13-6-7-14(18)26-13)9-15(22)19-11-4-3-5-12(8-11)20-16(23)10-25-2/h3-8H,9-10H2,1-2H3,(H,19,22)(H,20,23). The number of carbonyl (C=O) groups excluding carboxylic acids is 3. The predicted octanol–water partition coefficient (Wildman–Crippen LogP) is 2.81. The van der Waals surface area contributed by atoms with Crippen molar-refractivity contribution < 1.29 is 19.1 Å². The molecule has 2 N–H and O–H groups in total. The Morgan fingerprint density at radius 2 is 1.77 bits per heavy atom. The van der Waals surface area contributed by atoms with Gasteiger partial charge in [0.05, 0.1) is 15.2 Å². The van der Waals surface area contributed by atoms with E-state index in [9.17, 15) is 14.4 Å². The number of ether oxygens (including phenoxy) is 1. The number of hydrogen-bond donors (Lipinski definition) is 2. The first-order valence-electron chi connectivity index (χ1n) is 7.58. The van der Waals surface area contributed by atoms with Gasteiger partial charge in [0.25, 0.3) is 5.91 Å². The molecule has 0 aliphatic heterocycles. The van der Waals surface area contributed by atoms with E-state index in [1.165, 1.54) is 23.3 Å². The lowest BCUT2D eigenvalue weighted by atomic mass is 10.2. The van der Waals surface area contributed by atoms with Crippen LogP contribution < -0.4 is 10.6 Å². The maximum Gasteiger partial charge on any atom is 0.264 e. The van der Waals surface area contributed by atoms with Crippen LogP contribution in [0.4, 0.5) is 11.4 Å². The van der Waals surface area contributed by atoms with Crippen molar-refractivity contribution in [3.05, 3.63) is 45.1 Å². The Labute approximate surface area is 163 Å². The molecule has 0 spiro atoms. The van der Waals surface area contributed by atoms with Gasteiger partial charge in [-0.05, 0) is 46.3 Å². The van der Waals surface area contributed by atoms with Gasteiger partial charge in [-0.25, -0.2) is 0 Å². The van der Waals surface area contributed by atoms with Gasteiger partial charge in [-0.1, -0.05) is 6.07 Å². The molecule has 9 heteroatoms. The van der Waals surface area contributed by atoms with Gasteiger partial charge in [0.2, 0.25) is 11.8 Å². The smallest absolute Gasteiger partial charge is 0.264 e. The molecule has 2 aromatic rings. The zero-order chi connectivity index (χ0) is 19.1. The number of benzene rings is 1. The van der Waals surface area contributed by atoms with Crippen molar-refractivity contribution in [3.8, 4) is 0 Å². The molecule has 0 saturated carbocycles. The Morgan fingerprint density at radius 3 is 2.35 bits per heavy atom. The van der Waals surface area contributed by atoms with E-state index in [0.717, 1.165) is 3.79 Å². The first-order chi connectivity index (χ1) is 12.4. The number of methoxy groups -OCH3 is 1. The Hall–Kier alpha value is -2.23. The topological polar surface area (TPSA) is 87.7 Å². The number of thiophene rings is 1. The fourth-order valence-electron chi connectivity index (χ4n) is 2.11. The number of carbonyl (C=O) groups is 3. The van der Waals surface area contributed by atoms with Gasteiger partial charge in [0, 0.05) is 25.5 Å². The molecule has 1 aromatic carbocycles. The van der Waals surface area contributed by atoms with Gasteiger partial charge in [-0.3, -0.25) is 14.4 Å². The van der Waals surface area contributed by atoms with Gasteiger partial charge >= 0.3 is 0 Å². The number of rotatable bonds is 7. The Bertz CT molecular complexity index is 809. The molecule has 0 fully saturated rings. The third kappa shape index (κ3) is 5.94. The minimum Gasteiger partial charge on any atom is -0.375 e. The average molecular weight is 440 g/mol. The third-order valence-corrected chi connectivity index (χ3v) is 4.83. The van der Waals surface area contributed by atoms with Crippen LogP contribution in [0.1, 0.15) is 9.67 Å². The summed E-state index contributed by atoms with van der Waals surface area (Å²) in [6.07, 6.45) is 0. The van der Waals surface area contributed by atoms with E-state index >= 15 is 0 Å². The summed E-state index contributed by atoms with van der Waals surface area (Å²) in [6, 6.07) is 10.2. The van der Waals surface area contributed by atoms with Crippen molar-refractivity contribution in [1.82, 2.24) is 4.90 Å². The van der Waals surface area contributed by atoms with Crippen molar-refractivity contribution >= 4 is 56.4 Å². The van der Waals surface area contributed by atoms with E-state index in [0.29, 0.717) is 16.3 Å². The second kappa shape index (κ2) is 9.46. The summed E-state index contributed by atoms with van der Waals surface area (Å²) in [4.78, 5) is 37.9. The van der Waals surface area contributed by atoms with Crippen molar-refractivity contribution in [1.29, 1.82) is 0 Å². The molecule has 1 aromatic heterocycles. The van der Waals surface area contributed by atoms with Crippen LogP contribution in [0.5, 0.6) is 0 Å². The highest BCUT2D eigenvalue weighted by atomic mass is 79.9. The van der Waals surface area contributed by atoms with Crippen LogP contribution in [0.15, 0.2) is 40.2 Å². The molecular formula is C17H18BrN3O4S. The number of halogens is 1. The molecule has 0 aliphatic carbocycles. The summed E-state index contributed by atoms with van der Waals surface area (Å²) in [7, 11) is 3.00. The Morgan fingerprint density at radius 1 is 1.12 bits per heavy atom. The highest BCUT2D eigenvalue weighted by molar-refractivity contribution is 9.11. The second-order valence-corrected chi connectivity index (χ2v) is 7.84. The zero-order valence-electron chi connectivity index (χ0n) is 14.2. The summed E-state index contributed by atoms with van der Waals surface area (Å²) in [5.74, 6) is -0.850. The minimum absolute atomic E-state index is 0.0532. The number of hydrogen-bond acceptors (Lipinski definition) is 5. The maximum atomic E-state index is 12.3. The molecule has 2 rings (SSSR count). The number of nitrogens with one attached hydrogen (secondary N) is 2. The van der Waals surface area contributed by atoms with Crippen molar-refractivity contribution in [3.63, 3.8) is 0 Å². The molecule has 0 aliphatic rings. The normalized spacial score (nSPS) is 10.3. The first kappa shape index (κ1) is 20.1. The van der Waals surface area contributed by atoms with E-state index in [4.69, 9.17) is 4.74 Å². The molecule has 0 bridgehead atoms. The quantitative estimate of drug-likeness (QED) is 0.693. The summed E-state index contributed by atoms with van der Waals surface area (Å²) < 4.78 is 5.61. The molecule has 0 radical (unpaired) electrons. The molecular weight excluding hydrogens is 422 g/mol. The Balaban J connectivity index is 1.92. The molecule has 7 nitrogen and oxygen atoms in total. The van der Waals surface area contributed by atoms with Crippen LogP contribution in [0.2, 0.25) is 0 Å². The molecule has 1 heterocycles. The van der Waals surface area contributed by atoms with Crippen LogP contribution >= 0.6 is 27.3 Å². The molecule has 0 atom stereocenters. The van der Waals surface area contributed by atoms with E-state index in [2.05, 4.69) is 26.6 Å². The van der Waals surface area contributed by atoms with Crippen molar-refractivity contribution in [2.45, 2.75) is 0 Å². The summed E-state index contributed by atoms with van der Waals surface area (Å²) in [5.41, 5.74) is 1.06. The summed E-state index contributed by atoms with van der Waals surface area (Å²) >= 11 is 4.62. The second-order valence-electron chi connectivity index (χ2n) is 5.38. The molecule has 0 saturated heterocycles. The third-order valence-electron chi connectivity index (χ3n) is 3.22. The fourth-order valence-corrected chi connectivity index (χ4v) is 3.49. The maximum absolute atomic E-state index is 12.3. The van der Waals surface area contributed by atoms with Gasteiger partial charge in [-0.2, -0.15) is 0 Å². The van der Waals surface area contributed by atoms with E-state index in [1.54, 1.807) is 43.4 Å². The van der Waals surface area contributed by atoms with E-state index < -0.39 is 0 Å². The molecule has 138 valence electrons. The molecule has 26 heavy (non-hydrogen) atoms. The monoisotopic (exact) mass is 439 g/mol.